The van der Waals surface area contributed by atoms with Gasteiger partial charge in [0.25, 0.3) is 5.91 Å². The molecule has 38 heavy (non-hydrogen) atoms. The largest absolute Gasteiger partial charge is 0.390 e. The first-order chi connectivity index (χ1) is 18.0. The average Bonchev–Trinajstić information content (AvgIpc) is 3.23. The SMILES string of the molecule is C#CC(C)(C)NC[C@@H](O)[C@H](Cc1ccccc1)NC(=O)c1cc2c3c(cn(CC)c3c1)CCS(=C)(=O)N2C. The van der Waals surface area contributed by atoms with Crippen molar-refractivity contribution in [2.24, 2.45) is 0 Å². The smallest absolute Gasteiger partial charge is 0.251 e. The van der Waals surface area contributed by atoms with E-state index in [2.05, 4.69) is 40.1 Å². The number of hydrogen-bond donors (Lipinski definition) is 3. The maximum atomic E-state index is 13.7. The van der Waals surface area contributed by atoms with Gasteiger partial charge in [0.1, 0.15) is 0 Å². The summed E-state index contributed by atoms with van der Waals surface area (Å²) in [5.41, 5.74) is 3.62. The maximum absolute atomic E-state index is 13.7. The number of rotatable bonds is 9. The molecular weight excluding hydrogens is 496 g/mol. The molecule has 1 aromatic heterocycles. The molecule has 0 saturated carbocycles. The van der Waals surface area contributed by atoms with Gasteiger partial charge in [0.15, 0.2) is 0 Å². The average molecular weight is 535 g/mol. The Morgan fingerprint density at radius 1 is 1.29 bits per heavy atom. The molecule has 7 nitrogen and oxygen atoms in total. The number of benzene rings is 2. The van der Waals surface area contributed by atoms with Gasteiger partial charge in [0.2, 0.25) is 0 Å². The number of β-amino-alcohol motifs (C(OH)–C–C–N with tert-alkyl or cyclic N) is 1. The number of anilines is 1. The summed E-state index contributed by atoms with van der Waals surface area (Å²) < 4.78 is 17.1. The molecule has 1 aliphatic rings. The van der Waals surface area contributed by atoms with Crippen molar-refractivity contribution in [3.63, 3.8) is 0 Å². The van der Waals surface area contributed by atoms with Crippen LogP contribution in [0.1, 0.15) is 42.3 Å². The maximum Gasteiger partial charge on any atom is 0.251 e. The van der Waals surface area contributed by atoms with E-state index >= 15 is 0 Å². The molecule has 2 heterocycles. The predicted molar refractivity (Wildman–Crippen MR) is 158 cm³/mol. The quantitative estimate of drug-likeness (QED) is 0.291. The molecular formula is C30H38N4O3S. The Morgan fingerprint density at radius 2 is 2.00 bits per heavy atom. The van der Waals surface area contributed by atoms with E-state index < -0.39 is 27.4 Å². The van der Waals surface area contributed by atoms with E-state index in [-0.39, 0.29) is 12.5 Å². The molecule has 0 bridgehead atoms. The summed E-state index contributed by atoms with van der Waals surface area (Å²) in [4.78, 5) is 13.7. The number of aliphatic hydroxyl groups excluding tert-OH is 1. The minimum atomic E-state index is -2.52. The van der Waals surface area contributed by atoms with Crippen molar-refractivity contribution < 1.29 is 14.1 Å². The van der Waals surface area contributed by atoms with Crippen molar-refractivity contribution >= 4 is 38.1 Å². The van der Waals surface area contributed by atoms with Gasteiger partial charge in [-0.05, 0) is 62.7 Å². The van der Waals surface area contributed by atoms with Crippen LogP contribution in [-0.2, 0) is 29.1 Å². The molecule has 0 saturated heterocycles. The first-order valence-electron chi connectivity index (χ1n) is 13.0. The Labute approximate surface area is 226 Å². The Balaban J connectivity index is 1.69. The van der Waals surface area contributed by atoms with Gasteiger partial charge in [-0.25, -0.2) is 4.21 Å². The van der Waals surface area contributed by atoms with Crippen LogP contribution in [0.15, 0.2) is 48.7 Å². The van der Waals surface area contributed by atoms with Crippen LogP contribution in [0.4, 0.5) is 5.69 Å². The van der Waals surface area contributed by atoms with Gasteiger partial charge < -0.3 is 19.3 Å². The van der Waals surface area contributed by atoms with Gasteiger partial charge in [-0.2, -0.15) is 0 Å². The zero-order chi connectivity index (χ0) is 27.7. The lowest BCUT2D eigenvalue weighted by atomic mass is 9.99. The lowest BCUT2D eigenvalue weighted by Crippen LogP contribution is -2.51. The topological polar surface area (TPSA) is 86.6 Å². The summed E-state index contributed by atoms with van der Waals surface area (Å²) >= 11 is 0. The summed E-state index contributed by atoms with van der Waals surface area (Å²) in [6, 6.07) is 12.9. The molecule has 3 aromatic rings. The van der Waals surface area contributed by atoms with E-state index in [9.17, 15) is 14.1 Å². The molecule has 1 unspecified atom stereocenters. The Kier molecular flexibility index (Phi) is 7.93. The minimum absolute atomic E-state index is 0.216. The number of nitrogens with zero attached hydrogens (tertiary/aromatic N) is 2. The van der Waals surface area contributed by atoms with E-state index in [0.717, 1.165) is 34.3 Å². The van der Waals surface area contributed by atoms with Gasteiger partial charge >= 0.3 is 0 Å². The normalized spacial score (nSPS) is 19.0. The predicted octanol–water partition coefficient (Wildman–Crippen LogP) is 2.99. The molecule has 1 amide bonds. The number of carbonyl (C=O) groups excluding carboxylic acids is 1. The molecule has 0 radical (unpaired) electrons. The van der Waals surface area contributed by atoms with Crippen molar-refractivity contribution in [1.29, 1.82) is 0 Å². The van der Waals surface area contributed by atoms with Crippen LogP contribution >= 0.6 is 0 Å². The molecule has 0 spiro atoms. The Bertz CT molecular complexity index is 1470. The van der Waals surface area contributed by atoms with Crippen LogP contribution in [0.5, 0.6) is 0 Å². The lowest BCUT2D eigenvalue weighted by Gasteiger charge is -2.28. The number of carbonyl (C=O) groups is 1. The number of aliphatic hydroxyl groups is 1. The second kappa shape index (κ2) is 10.9. The van der Waals surface area contributed by atoms with Crippen LogP contribution in [-0.4, -0.2) is 62.7 Å². The first kappa shape index (κ1) is 27.8. The van der Waals surface area contributed by atoms with Crippen molar-refractivity contribution in [3.8, 4) is 12.3 Å². The highest BCUT2D eigenvalue weighted by Gasteiger charge is 2.28. The highest BCUT2D eigenvalue weighted by molar-refractivity contribution is 8.01. The van der Waals surface area contributed by atoms with E-state index in [1.807, 2.05) is 50.2 Å². The Morgan fingerprint density at radius 3 is 2.66 bits per heavy atom. The van der Waals surface area contributed by atoms with Crippen LogP contribution < -0.4 is 14.9 Å². The zero-order valence-corrected chi connectivity index (χ0v) is 23.5. The van der Waals surface area contributed by atoms with Gasteiger partial charge in [0, 0.05) is 52.7 Å². The first-order valence-corrected chi connectivity index (χ1v) is 14.8. The van der Waals surface area contributed by atoms with Crippen molar-refractivity contribution in [3.05, 3.63) is 65.4 Å². The second-order valence-electron chi connectivity index (χ2n) is 10.5. The van der Waals surface area contributed by atoms with Crippen molar-refractivity contribution in [1.82, 2.24) is 15.2 Å². The number of aromatic nitrogens is 1. The third kappa shape index (κ3) is 5.75. The molecule has 4 rings (SSSR count). The fourth-order valence-corrected chi connectivity index (χ4v) is 6.18. The molecule has 3 N–H and O–H groups in total. The summed E-state index contributed by atoms with van der Waals surface area (Å²) in [5.74, 6) is 6.81. The molecule has 8 heteroatoms. The highest BCUT2D eigenvalue weighted by Crippen LogP contribution is 2.37. The van der Waals surface area contributed by atoms with Gasteiger partial charge in [-0.1, -0.05) is 36.3 Å². The van der Waals surface area contributed by atoms with E-state index in [0.29, 0.717) is 24.2 Å². The van der Waals surface area contributed by atoms with Crippen LogP contribution in [0, 0.1) is 12.3 Å². The van der Waals surface area contributed by atoms with Crippen LogP contribution in [0.25, 0.3) is 10.9 Å². The lowest BCUT2D eigenvalue weighted by molar-refractivity contribution is 0.0822. The number of amides is 1. The Hall–Kier alpha value is -3.25. The van der Waals surface area contributed by atoms with E-state index in [4.69, 9.17) is 6.42 Å². The van der Waals surface area contributed by atoms with Gasteiger partial charge in [0.05, 0.1) is 28.9 Å². The van der Waals surface area contributed by atoms with Gasteiger partial charge in [-0.15, -0.1) is 6.42 Å². The van der Waals surface area contributed by atoms with Crippen LogP contribution in [0.2, 0.25) is 0 Å². The number of hydrogen-bond acceptors (Lipinski definition) is 4. The highest BCUT2D eigenvalue weighted by atomic mass is 32.2. The number of terminal acetylenes is 1. The third-order valence-electron chi connectivity index (χ3n) is 7.36. The zero-order valence-electron chi connectivity index (χ0n) is 22.7. The number of aryl methyl sites for hydroxylation is 2. The molecule has 3 atom stereocenters. The fraction of sp³-hybridized carbons (Fsp3) is 0.400. The summed E-state index contributed by atoms with van der Waals surface area (Å²) in [6.07, 6.45) is 7.92. The summed E-state index contributed by atoms with van der Waals surface area (Å²) in [5, 5.41) is 18.4. The van der Waals surface area contributed by atoms with E-state index in [1.165, 1.54) is 0 Å². The molecule has 1 aliphatic heterocycles. The number of nitrogens with one attached hydrogen (secondary N) is 2. The van der Waals surface area contributed by atoms with Crippen molar-refractivity contribution in [2.75, 3.05) is 23.7 Å². The molecule has 0 fully saturated rings. The summed E-state index contributed by atoms with van der Waals surface area (Å²) in [7, 11) is -0.734. The fourth-order valence-electron chi connectivity index (χ4n) is 4.86. The van der Waals surface area contributed by atoms with Crippen LogP contribution in [0.3, 0.4) is 0 Å². The van der Waals surface area contributed by atoms with Gasteiger partial charge in [-0.3, -0.25) is 10.1 Å². The monoisotopic (exact) mass is 534 g/mol. The minimum Gasteiger partial charge on any atom is -0.390 e. The van der Waals surface area contributed by atoms with E-state index in [1.54, 1.807) is 17.4 Å². The molecule has 0 aliphatic carbocycles. The molecule has 202 valence electrons. The third-order valence-corrected chi connectivity index (χ3v) is 9.40. The van der Waals surface area contributed by atoms with Crippen molar-refractivity contribution in [2.45, 2.75) is 57.8 Å². The second-order valence-corrected chi connectivity index (χ2v) is 13.0. The standard InChI is InChI=1S/C30H38N4O3S/c1-7-30(3,4)31-19-27(35)24(16-21-12-10-9-11-13-21)32-29(36)23-17-25-28-22(14-15-38(6,37)33(25)5)20-34(8-2)26(28)18-23/h1,9-13,17-18,20,24,27,31,35H,6,8,14-16,19H2,2-5H3,(H,32,36)/t24-,27+,38?/m0/s1. The molecule has 2 aromatic carbocycles. The summed E-state index contributed by atoms with van der Waals surface area (Å²) in [6.45, 7) is 6.75.